The first kappa shape index (κ1) is 20.1. The average molecular weight is 363 g/mol. The van der Waals surface area contributed by atoms with Gasteiger partial charge in [0.15, 0.2) is 0 Å². The number of nitrogens with zero attached hydrogens (tertiary/aromatic N) is 1. The second-order valence-corrected chi connectivity index (χ2v) is 7.71. The minimum absolute atomic E-state index is 0.0860. The molecule has 1 saturated heterocycles. The number of phenols is 1. The molecule has 1 aromatic rings. The van der Waals surface area contributed by atoms with Gasteiger partial charge in [0.1, 0.15) is 11.4 Å². The van der Waals surface area contributed by atoms with Crippen LogP contribution in [0.25, 0.3) is 0 Å². The van der Waals surface area contributed by atoms with Crippen LogP contribution in [0, 0.1) is 11.8 Å². The number of amides is 1. The van der Waals surface area contributed by atoms with Crippen LogP contribution in [0.15, 0.2) is 24.3 Å². The summed E-state index contributed by atoms with van der Waals surface area (Å²) in [7, 11) is 0. The minimum atomic E-state index is -0.560. The number of ether oxygens (including phenoxy) is 2. The van der Waals surface area contributed by atoms with Crippen molar-refractivity contribution in [1.29, 1.82) is 0 Å². The highest BCUT2D eigenvalue weighted by molar-refractivity contribution is 5.74. The van der Waals surface area contributed by atoms with Gasteiger partial charge < -0.3 is 19.5 Å². The third-order valence-electron chi connectivity index (χ3n) is 4.38. The third-order valence-corrected chi connectivity index (χ3v) is 4.38. The van der Waals surface area contributed by atoms with Crippen LogP contribution in [0.4, 0.5) is 4.79 Å². The summed E-state index contributed by atoms with van der Waals surface area (Å²) in [4.78, 5) is 26.4. The second kappa shape index (κ2) is 8.43. The van der Waals surface area contributed by atoms with E-state index in [-0.39, 0.29) is 29.6 Å². The van der Waals surface area contributed by atoms with Crippen molar-refractivity contribution >= 4 is 12.1 Å². The molecule has 1 aliphatic rings. The van der Waals surface area contributed by atoms with Crippen LogP contribution >= 0.6 is 0 Å². The van der Waals surface area contributed by atoms with Crippen LogP contribution < -0.4 is 0 Å². The van der Waals surface area contributed by atoms with Gasteiger partial charge in [-0.2, -0.15) is 0 Å². The normalized spacial score (nSPS) is 20.5. The Balaban J connectivity index is 2.14. The monoisotopic (exact) mass is 363 g/mol. The van der Waals surface area contributed by atoms with Gasteiger partial charge in [-0.15, -0.1) is 0 Å². The van der Waals surface area contributed by atoms with Crippen molar-refractivity contribution < 1.29 is 24.2 Å². The summed E-state index contributed by atoms with van der Waals surface area (Å²) in [6.07, 6.45) is 0.763. The molecule has 6 heteroatoms. The molecule has 0 radical (unpaired) electrons. The molecule has 0 aromatic heterocycles. The van der Waals surface area contributed by atoms with Crippen LogP contribution in [0.1, 0.15) is 39.7 Å². The number of piperidine rings is 1. The number of carbonyl (C=O) groups excluding carboxylic acids is 2. The molecule has 0 unspecified atom stereocenters. The van der Waals surface area contributed by atoms with Crippen LogP contribution in [0.5, 0.6) is 5.75 Å². The van der Waals surface area contributed by atoms with E-state index in [9.17, 15) is 14.7 Å². The Kier molecular flexibility index (Phi) is 6.51. The molecule has 144 valence electrons. The zero-order valence-corrected chi connectivity index (χ0v) is 16.0. The SMILES string of the molecule is CCOC(=O)[C@H]1CCN(C(=O)OC(C)(C)C)C[C@H]1Cc1cccc(O)c1. The maximum atomic E-state index is 12.4. The van der Waals surface area contributed by atoms with Crippen LogP contribution in [0.3, 0.4) is 0 Å². The number of benzene rings is 1. The molecule has 0 bridgehead atoms. The molecule has 0 saturated carbocycles. The van der Waals surface area contributed by atoms with Gasteiger partial charge in [-0.1, -0.05) is 12.1 Å². The zero-order valence-electron chi connectivity index (χ0n) is 16.0. The maximum absolute atomic E-state index is 12.4. The quantitative estimate of drug-likeness (QED) is 0.830. The van der Waals surface area contributed by atoms with E-state index >= 15 is 0 Å². The predicted molar refractivity (Wildman–Crippen MR) is 97.8 cm³/mol. The number of likely N-dealkylation sites (tertiary alicyclic amines) is 1. The Morgan fingerprint density at radius 3 is 2.65 bits per heavy atom. The lowest BCUT2D eigenvalue weighted by Crippen LogP contribution is -2.48. The topological polar surface area (TPSA) is 76.1 Å². The molecule has 1 amide bonds. The lowest BCUT2D eigenvalue weighted by atomic mass is 9.81. The molecule has 2 atom stereocenters. The summed E-state index contributed by atoms with van der Waals surface area (Å²) < 4.78 is 10.7. The maximum Gasteiger partial charge on any atom is 0.410 e. The fraction of sp³-hybridized carbons (Fsp3) is 0.600. The standard InChI is InChI=1S/C20H29NO5/c1-5-25-18(23)17-9-10-21(19(24)26-20(2,3)4)13-15(17)11-14-7-6-8-16(22)12-14/h6-8,12,15,17,22H,5,9-11,13H2,1-4H3/t15-,17+/m1/s1. The fourth-order valence-corrected chi connectivity index (χ4v) is 3.28. The van der Waals surface area contributed by atoms with E-state index in [4.69, 9.17) is 9.47 Å². The zero-order chi connectivity index (χ0) is 19.3. The summed E-state index contributed by atoms with van der Waals surface area (Å²) in [5, 5.41) is 9.69. The van der Waals surface area contributed by atoms with E-state index in [1.807, 2.05) is 26.8 Å². The molecule has 6 nitrogen and oxygen atoms in total. The number of esters is 1. The highest BCUT2D eigenvalue weighted by atomic mass is 16.6. The highest BCUT2D eigenvalue weighted by Gasteiger charge is 2.38. The van der Waals surface area contributed by atoms with E-state index in [0.717, 1.165) is 5.56 Å². The van der Waals surface area contributed by atoms with Crippen molar-refractivity contribution in [3.05, 3.63) is 29.8 Å². The summed E-state index contributed by atoms with van der Waals surface area (Å²) in [6, 6.07) is 6.99. The molecule has 1 fully saturated rings. The fourth-order valence-electron chi connectivity index (χ4n) is 3.28. The van der Waals surface area contributed by atoms with E-state index < -0.39 is 5.60 Å². The Hall–Kier alpha value is -2.24. The minimum Gasteiger partial charge on any atom is -0.508 e. The largest absolute Gasteiger partial charge is 0.508 e. The number of rotatable bonds is 4. The smallest absolute Gasteiger partial charge is 0.410 e. The van der Waals surface area contributed by atoms with Crippen molar-refractivity contribution in [2.45, 2.75) is 46.1 Å². The first-order chi connectivity index (χ1) is 12.2. The van der Waals surface area contributed by atoms with Gasteiger partial charge in [-0.25, -0.2) is 4.79 Å². The van der Waals surface area contributed by atoms with Crippen molar-refractivity contribution in [3.63, 3.8) is 0 Å². The van der Waals surface area contributed by atoms with E-state index in [1.165, 1.54) is 0 Å². The summed E-state index contributed by atoms with van der Waals surface area (Å²) in [5.41, 5.74) is 0.367. The molecule has 26 heavy (non-hydrogen) atoms. The summed E-state index contributed by atoms with van der Waals surface area (Å²) in [6.45, 7) is 8.52. The Labute approximate surface area is 155 Å². The van der Waals surface area contributed by atoms with Gasteiger partial charge in [0, 0.05) is 13.1 Å². The molecule has 0 aliphatic carbocycles. The third kappa shape index (κ3) is 5.64. The summed E-state index contributed by atoms with van der Waals surface area (Å²) >= 11 is 0. The number of carbonyl (C=O) groups is 2. The number of phenolic OH excluding ortho intramolecular Hbond substituents is 1. The molecule has 1 aliphatic heterocycles. The van der Waals surface area contributed by atoms with Gasteiger partial charge in [0.2, 0.25) is 0 Å². The molecular weight excluding hydrogens is 334 g/mol. The molecule has 1 heterocycles. The first-order valence-electron chi connectivity index (χ1n) is 9.12. The van der Waals surface area contributed by atoms with Gasteiger partial charge in [-0.05, 0) is 64.2 Å². The number of hydrogen-bond acceptors (Lipinski definition) is 5. The number of hydrogen-bond donors (Lipinski definition) is 1. The van der Waals surface area contributed by atoms with E-state index in [0.29, 0.717) is 32.5 Å². The van der Waals surface area contributed by atoms with E-state index in [2.05, 4.69) is 0 Å². The molecule has 2 rings (SSSR count). The Morgan fingerprint density at radius 2 is 2.04 bits per heavy atom. The molecule has 1 aromatic carbocycles. The molecular formula is C20H29NO5. The number of aromatic hydroxyl groups is 1. The van der Waals surface area contributed by atoms with Crippen molar-refractivity contribution in [2.75, 3.05) is 19.7 Å². The van der Waals surface area contributed by atoms with Crippen molar-refractivity contribution in [2.24, 2.45) is 11.8 Å². The van der Waals surface area contributed by atoms with Crippen molar-refractivity contribution in [3.8, 4) is 5.75 Å². The average Bonchev–Trinajstić information content (AvgIpc) is 2.53. The highest BCUT2D eigenvalue weighted by Crippen LogP contribution is 2.30. The Bertz CT molecular complexity index is 637. The van der Waals surface area contributed by atoms with Crippen LogP contribution in [-0.4, -0.2) is 47.4 Å². The molecule has 1 N–H and O–H groups in total. The van der Waals surface area contributed by atoms with Crippen LogP contribution in [-0.2, 0) is 20.7 Å². The lowest BCUT2D eigenvalue weighted by Gasteiger charge is -2.38. The van der Waals surface area contributed by atoms with Gasteiger partial charge in [0.25, 0.3) is 0 Å². The van der Waals surface area contributed by atoms with Gasteiger partial charge in [0.05, 0.1) is 12.5 Å². The Morgan fingerprint density at radius 1 is 1.31 bits per heavy atom. The van der Waals surface area contributed by atoms with Crippen LogP contribution in [0.2, 0.25) is 0 Å². The first-order valence-corrected chi connectivity index (χ1v) is 9.12. The van der Waals surface area contributed by atoms with E-state index in [1.54, 1.807) is 30.0 Å². The predicted octanol–water partition coefficient (Wildman–Crippen LogP) is 3.37. The lowest BCUT2D eigenvalue weighted by molar-refractivity contribution is -0.152. The van der Waals surface area contributed by atoms with Crippen molar-refractivity contribution in [1.82, 2.24) is 4.90 Å². The van der Waals surface area contributed by atoms with Gasteiger partial charge >= 0.3 is 12.1 Å². The van der Waals surface area contributed by atoms with Gasteiger partial charge in [-0.3, -0.25) is 4.79 Å². The molecule has 0 spiro atoms. The summed E-state index contributed by atoms with van der Waals surface area (Å²) in [5.74, 6) is -0.385. The second-order valence-electron chi connectivity index (χ2n) is 7.71.